The van der Waals surface area contributed by atoms with Crippen LogP contribution in [0.3, 0.4) is 0 Å². The number of hydrogen-bond acceptors (Lipinski definition) is 4. The van der Waals surface area contributed by atoms with Gasteiger partial charge in [-0.3, -0.25) is 4.79 Å². The van der Waals surface area contributed by atoms with E-state index in [1.165, 1.54) is 23.3 Å². The maximum absolute atomic E-state index is 13.7. The fourth-order valence-electron chi connectivity index (χ4n) is 4.66. The minimum absolute atomic E-state index is 0.0127. The van der Waals surface area contributed by atoms with Crippen molar-refractivity contribution in [3.8, 4) is 11.3 Å². The summed E-state index contributed by atoms with van der Waals surface area (Å²) >= 11 is 0. The Balaban J connectivity index is 1.43. The molecule has 0 fully saturated rings. The first-order valence-corrected chi connectivity index (χ1v) is 12.5. The van der Waals surface area contributed by atoms with E-state index in [9.17, 15) is 9.18 Å². The number of rotatable bonds is 6. The molecule has 0 saturated heterocycles. The van der Waals surface area contributed by atoms with Crippen molar-refractivity contribution < 1.29 is 9.18 Å². The standard InChI is InChI=1S/C30H32FN5O/c1-20-5-13-24(14-6-20)32-28-27(22-9-11-23(31)12-10-22)33-26-19-35(17-18-36(26)28)29(37)30(3,4)34-25-15-7-21(2)8-16-25/h5-16,32,34H,17-19H2,1-4H3. The molecule has 2 N–H and O–H groups in total. The lowest BCUT2D eigenvalue weighted by atomic mass is 10.0. The molecule has 5 rings (SSSR count). The lowest BCUT2D eigenvalue weighted by Crippen LogP contribution is -2.52. The second-order valence-corrected chi connectivity index (χ2v) is 10.2. The van der Waals surface area contributed by atoms with Crippen LogP contribution in [-0.4, -0.2) is 32.4 Å². The molecule has 0 saturated carbocycles. The van der Waals surface area contributed by atoms with Gasteiger partial charge in [-0.15, -0.1) is 0 Å². The first-order valence-electron chi connectivity index (χ1n) is 12.5. The molecule has 37 heavy (non-hydrogen) atoms. The van der Waals surface area contributed by atoms with Gasteiger partial charge < -0.3 is 20.1 Å². The highest BCUT2D eigenvalue weighted by Gasteiger charge is 2.35. The zero-order valence-electron chi connectivity index (χ0n) is 21.7. The third-order valence-corrected chi connectivity index (χ3v) is 6.73. The molecule has 1 aliphatic heterocycles. The number of carbonyl (C=O) groups excluding carboxylic acids is 1. The van der Waals surface area contributed by atoms with Crippen molar-refractivity contribution in [3.63, 3.8) is 0 Å². The fourth-order valence-corrected chi connectivity index (χ4v) is 4.66. The summed E-state index contributed by atoms with van der Waals surface area (Å²) in [6, 6.07) is 22.6. The van der Waals surface area contributed by atoms with E-state index in [1.807, 2.05) is 62.1 Å². The number of carbonyl (C=O) groups is 1. The Morgan fingerprint density at radius 1 is 0.865 bits per heavy atom. The van der Waals surface area contributed by atoms with Crippen LogP contribution < -0.4 is 10.6 Å². The van der Waals surface area contributed by atoms with Crippen molar-refractivity contribution in [1.82, 2.24) is 14.5 Å². The van der Waals surface area contributed by atoms with Crippen LogP contribution in [0.15, 0.2) is 72.8 Å². The molecular formula is C30H32FN5O. The van der Waals surface area contributed by atoms with E-state index in [-0.39, 0.29) is 11.7 Å². The normalized spacial score (nSPS) is 13.3. The van der Waals surface area contributed by atoms with E-state index < -0.39 is 5.54 Å². The largest absolute Gasteiger partial charge is 0.372 e. The number of amides is 1. The van der Waals surface area contributed by atoms with E-state index in [2.05, 4.69) is 34.3 Å². The van der Waals surface area contributed by atoms with Gasteiger partial charge in [-0.1, -0.05) is 35.4 Å². The summed E-state index contributed by atoms with van der Waals surface area (Å²) in [7, 11) is 0. The van der Waals surface area contributed by atoms with E-state index in [4.69, 9.17) is 4.98 Å². The minimum atomic E-state index is -0.785. The molecule has 0 atom stereocenters. The number of nitrogens with zero attached hydrogens (tertiary/aromatic N) is 3. The fraction of sp³-hybridized carbons (Fsp3) is 0.267. The van der Waals surface area contributed by atoms with Gasteiger partial charge in [-0.2, -0.15) is 0 Å². The van der Waals surface area contributed by atoms with Gasteiger partial charge in [0.1, 0.15) is 28.7 Å². The SMILES string of the molecule is Cc1ccc(Nc2c(-c3ccc(F)cc3)nc3n2CCN(C(=O)C(C)(C)Nc2ccc(C)cc2)C3)cc1. The van der Waals surface area contributed by atoms with Crippen molar-refractivity contribution in [2.24, 2.45) is 0 Å². The molecule has 1 amide bonds. The number of imidazole rings is 1. The van der Waals surface area contributed by atoms with Crippen molar-refractivity contribution >= 4 is 23.1 Å². The maximum Gasteiger partial charge on any atom is 0.248 e. The number of aromatic nitrogens is 2. The number of nitrogens with one attached hydrogen (secondary N) is 2. The Bertz CT molecular complexity index is 1410. The molecule has 3 aromatic carbocycles. The quantitative estimate of drug-likeness (QED) is 0.329. The number of benzene rings is 3. The Kier molecular flexibility index (Phi) is 6.46. The number of hydrogen-bond donors (Lipinski definition) is 2. The van der Waals surface area contributed by atoms with Crippen molar-refractivity contribution in [1.29, 1.82) is 0 Å². The highest BCUT2D eigenvalue weighted by molar-refractivity contribution is 5.89. The maximum atomic E-state index is 13.7. The van der Waals surface area contributed by atoms with Crippen LogP contribution in [0.5, 0.6) is 0 Å². The average Bonchev–Trinajstić information content (AvgIpc) is 3.24. The highest BCUT2D eigenvalue weighted by atomic mass is 19.1. The molecule has 1 aliphatic rings. The van der Waals surface area contributed by atoms with E-state index in [1.54, 1.807) is 12.1 Å². The molecule has 0 radical (unpaired) electrons. The summed E-state index contributed by atoms with van der Waals surface area (Å²) in [4.78, 5) is 20.4. The van der Waals surface area contributed by atoms with Crippen molar-refractivity contribution in [2.45, 2.75) is 46.3 Å². The zero-order chi connectivity index (χ0) is 26.2. The molecule has 1 aromatic heterocycles. The van der Waals surface area contributed by atoms with Crippen molar-refractivity contribution in [3.05, 3.63) is 95.6 Å². The van der Waals surface area contributed by atoms with Crippen LogP contribution in [0.1, 0.15) is 30.8 Å². The Morgan fingerprint density at radius 3 is 2.08 bits per heavy atom. The molecule has 0 bridgehead atoms. The topological polar surface area (TPSA) is 62.2 Å². The smallest absolute Gasteiger partial charge is 0.248 e. The average molecular weight is 498 g/mol. The Labute approximate surface area is 217 Å². The Morgan fingerprint density at radius 2 is 1.46 bits per heavy atom. The summed E-state index contributed by atoms with van der Waals surface area (Å²) in [5.74, 6) is 1.36. The second kappa shape index (κ2) is 9.73. The molecule has 6 nitrogen and oxygen atoms in total. The first kappa shape index (κ1) is 24.6. The van der Waals surface area contributed by atoms with Gasteiger partial charge >= 0.3 is 0 Å². The van der Waals surface area contributed by atoms with Crippen molar-refractivity contribution in [2.75, 3.05) is 17.2 Å². The van der Waals surface area contributed by atoms with Crippen LogP contribution in [0.4, 0.5) is 21.6 Å². The highest BCUT2D eigenvalue weighted by Crippen LogP contribution is 2.34. The van der Waals surface area contributed by atoms with Gasteiger partial charge in [0.25, 0.3) is 0 Å². The first-order chi connectivity index (χ1) is 17.7. The van der Waals surface area contributed by atoms with Gasteiger partial charge in [0.2, 0.25) is 5.91 Å². The summed E-state index contributed by atoms with van der Waals surface area (Å²) in [6.45, 7) is 9.46. The molecule has 0 aliphatic carbocycles. The molecule has 190 valence electrons. The number of anilines is 3. The van der Waals surface area contributed by atoms with Crippen LogP contribution in [0.25, 0.3) is 11.3 Å². The molecule has 0 spiro atoms. The zero-order valence-corrected chi connectivity index (χ0v) is 21.7. The van der Waals surface area contributed by atoms with Crippen LogP contribution >= 0.6 is 0 Å². The third-order valence-electron chi connectivity index (χ3n) is 6.73. The van der Waals surface area contributed by atoms with Crippen LogP contribution in [0, 0.1) is 19.7 Å². The predicted molar refractivity (Wildman–Crippen MR) is 146 cm³/mol. The lowest BCUT2D eigenvalue weighted by Gasteiger charge is -2.35. The molecule has 4 aromatic rings. The Hall–Kier alpha value is -4.13. The van der Waals surface area contributed by atoms with E-state index in [0.29, 0.717) is 19.6 Å². The number of aryl methyl sites for hydroxylation is 2. The van der Waals surface area contributed by atoms with Gasteiger partial charge in [0.05, 0.1) is 6.54 Å². The van der Waals surface area contributed by atoms with Crippen LogP contribution in [0.2, 0.25) is 0 Å². The summed E-state index contributed by atoms with van der Waals surface area (Å²) in [6.07, 6.45) is 0. The summed E-state index contributed by atoms with van der Waals surface area (Å²) in [5, 5.41) is 6.91. The lowest BCUT2D eigenvalue weighted by molar-refractivity contribution is -0.136. The van der Waals surface area contributed by atoms with E-state index in [0.717, 1.165) is 34.3 Å². The molecule has 7 heteroatoms. The summed E-state index contributed by atoms with van der Waals surface area (Å²) < 4.78 is 15.8. The molecular weight excluding hydrogens is 465 g/mol. The van der Waals surface area contributed by atoms with Gasteiger partial charge in [-0.25, -0.2) is 9.37 Å². The third kappa shape index (κ3) is 5.21. The predicted octanol–water partition coefficient (Wildman–Crippen LogP) is 6.28. The van der Waals surface area contributed by atoms with Gasteiger partial charge in [0, 0.05) is 30.0 Å². The monoisotopic (exact) mass is 497 g/mol. The minimum Gasteiger partial charge on any atom is -0.372 e. The van der Waals surface area contributed by atoms with Crippen LogP contribution in [-0.2, 0) is 17.9 Å². The van der Waals surface area contributed by atoms with Gasteiger partial charge in [0.15, 0.2) is 0 Å². The molecule has 0 unspecified atom stereocenters. The second-order valence-electron chi connectivity index (χ2n) is 10.2. The number of fused-ring (bicyclic) bond motifs is 1. The molecule has 2 heterocycles. The summed E-state index contributed by atoms with van der Waals surface area (Å²) in [5.41, 5.74) is 4.97. The van der Waals surface area contributed by atoms with Gasteiger partial charge in [-0.05, 0) is 76.2 Å². The number of halogens is 1. The van der Waals surface area contributed by atoms with E-state index >= 15 is 0 Å².